The number of hydrogen-bond acceptors (Lipinski definition) is 8. The Labute approximate surface area is 315 Å². The van der Waals surface area contributed by atoms with Crippen molar-refractivity contribution in [2.45, 2.75) is 148 Å². The van der Waals surface area contributed by atoms with Crippen LogP contribution < -0.4 is 27.0 Å². The highest BCUT2D eigenvalue weighted by Crippen LogP contribution is 2.50. The van der Waals surface area contributed by atoms with Gasteiger partial charge in [0, 0.05) is 32.7 Å². The maximum Gasteiger partial charge on any atom is 0.317 e. The molecule has 3 unspecified atom stereocenters. The molecule has 0 aromatic carbocycles. The summed E-state index contributed by atoms with van der Waals surface area (Å²) in [6, 6.07) is -3.47. The van der Waals surface area contributed by atoms with E-state index in [0.717, 1.165) is 70.6 Å². The van der Waals surface area contributed by atoms with Crippen molar-refractivity contribution in [2.75, 3.05) is 32.7 Å². The molecule has 3 aliphatic carbocycles. The molecular weight excluding hydrogens is 678 g/mol. The molecule has 298 valence electrons. The van der Waals surface area contributed by atoms with Crippen LogP contribution in [0.3, 0.4) is 0 Å². The largest absolute Gasteiger partial charge is 0.363 e. The Morgan fingerprint density at radius 3 is 1.98 bits per heavy atom. The van der Waals surface area contributed by atoms with Gasteiger partial charge in [-0.3, -0.25) is 24.0 Å². The number of likely N-dealkylation sites (tertiary alicyclic amines) is 1. The number of nitrogens with zero attached hydrogens (tertiary/aromatic N) is 2. The SMILES string of the molecule is CC(C)(C)OC(NC(=O)N[C@H](C(=O)N1CCNCC1)C1CCCCC1)C(=O)N1CC(C(C)(C)C2CCC2)C[C@H]1C(=O)NC(CC1CCC1)C(=O)C(N)=O. The summed E-state index contributed by atoms with van der Waals surface area (Å²) in [5.74, 6) is -2.58. The van der Waals surface area contributed by atoms with Gasteiger partial charge in [-0.2, -0.15) is 0 Å². The van der Waals surface area contributed by atoms with Crippen molar-refractivity contribution in [3.05, 3.63) is 0 Å². The maximum atomic E-state index is 14.7. The van der Waals surface area contributed by atoms with Crippen molar-refractivity contribution in [3.8, 4) is 0 Å². The molecule has 2 heterocycles. The molecular formula is C39H65N7O7. The summed E-state index contributed by atoms with van der Waals surface area (Å²) in [7, 11) is 0. The second-order valence-electron chi connectivity index (χ2n) is 17.9. The first kappa shape index (κ1) is 40.9. The molecule has 14 nitrogen and oxygen atoms in total. The molecule has 6 N–H and O–H groups in total. The molecule has 2 saturated heterocycles. The van der Waals surface area contributed by atoms with Gasteiger partial charge in [0.15, 0.2) is 0 Å². The molecule has 5 aliphatic rings. The predicted octanol–water partition coefficient (Wildman–Crippen LogP) is 2.58. The van der Waals surface area contributed by atoms with E-state index < -0.39 is 59.5 Å². The number of carbonyl (C=O) groups excluding carboxylic acids is 6. The Bertz CT molecular complexity index is 1350. The molecule has 5 atom stereocenters. The summed E-state index contributed by atoms with van der Waals surface area (Å²) < 4.78 is 6.23. The van der Waals surface area contributed by atoms with Crippen LogP contribution in [0.15, 0.2) is 0 Å². The van der Waals surface area contributed by atoms with E-state index in [2.05, 4.69) is 35.1 Å². The third-order valence-corrected chi connectivity index (χ3v) is 12.8. The molecule has 5 rings (SSSR count). The molecule has 53 heavy (non-hydrogen) atoms. The number of nitrogens with two attached hydrogens (primary N) is 1. The second kappa shape index (κ2) is 17.5. The fourth-order valence-electron chi connectivity index (χ4n) is 8.96. The molecule has 0 aromatic rings. The summed E-state index contributed by atoms with van der Waals surface area (Å²) in [6.07, 6.45) is 10.1. The molecule has 3 saturated carbocycles. The minimum absolute atomic E-state index is 0.0216. The Hall–Kier alpha value is -3.26. The quantitative estimate of drug-likeness (QED) is 0.132. The van der Waals surface area contributed by atoms with Crippen molar-refractivity contribution in [2.24, 2.45) is 34.8 Å². The van der Waals surface area contributed by atoms with Crippen molar-refractivity contribution >= 4 is 35.4 Å². The van der Waals surface area contributed by atoms with Crippen LogP contribution in [0.4, 0.5) is 4.79 Å². The van der Waals surface area contributed by atoms with Crippen LogP contribution in [-0.2, 0) is 28.7 Å². The Balaban J connectivity index is 1.38. The van der Waals surface area contributed by atoms with E-state index in [1.807, 2.05) is 0 Å². The highest BCUT2D eigenvalue weighted by Gasteiger charge is 2.51. The van der Waals surface area contributed by atoms with E-state index in [4.69, 9.17) is 10.5 Å². The zero-order valence-electron chi connectivity index (χ0n) is 32.7. The molecule has 6 amide bonds. The number of ether oxygens (including phenoxy) is 1. The lowest BCUT2D eigenvalue weighted by atomic mass is 9.61. The first-order chi connectivity index (χ1) is 25.0. The Kier molecular flexibility index (Phi) is 13.5. The molecule has 2 aliphatic heterocycles. The highest BCUT2D eigenvalue weighted by molar-refractivity contribution is 6.37. The van der Waals surface area contributed by atoms with E-state index >= 15 is 0 Å². The molecule has 0 bridgehead atoms. The van der Waals surface area contributed by atoms with Gasteiger partial charge in [-0.05, 0) is 88.4 Å². The molecule has 14 heteroatoms. The van der Waals surface area contributed by atoms with Gasteiger partial charge in [-0.25, -0.2) is 4.79 Å². The van der Waals surface area contributed by atoms with Crippen molar-refractivity contribution in [1.82, 2.24) is 31.1 Å². The number of primary amides is 1. The standard InChI is InChI=1S/C39H65N7O7/c1-38(2,3)53-34(44-37(52)43-30(25-13-7-6-8-14-25)35(50)45-19-17-41-18-20-45)36(51)46-23-27(39(4,5)26-15-10-16-26)22-29(46)33(49)42-28(31(47)32(40)48)21-24-11-9-12-24/h24-30,34,41H,6-23H2,1-5H3,(H2,40,48)(H,42,49)(H2,43,44,52)/t27?,28?,29-,30-,34?/m0/s1. The van der Waals surface area contributed by atoms with Crippen LogP contribution in [0, 0.1) is 29.1 Å². The zero-order valence-corrected chi connectivity index (χ0v) is 32.7. The number of urea groups is 1. The number of Topliss-reactive ketones (excluding diaryl/α,β-unsaturated/α-hetero) is 1. The predicted molar refractivity (Wildman–Crippen MR) is 199 cm³/mol. The number of ketones is 1. The van der Waals surface area contributed by atoms with Crippen LogP contribution in [0.5, 0.6) is 0 Å². The van der Waals surface area contributed by atoms with E-state index in [1.54, 1.807) is 25.7 Å². The summed E-state index contributed by atoms with van der Waals surface area (Å²) in [6.45, 7) is 12.5. The Morgan fingerprint density at radius 2 is 1.43 bits per heavy atom. The number of carbonyl (C=O) groups is 6. The monoisotopic (exact) mass is 743 g/mol. The van der Waals surface area contributed by atoms with Gasteiger partial charge < -0.3 is 41.5 Å². The fraction of sp³-hybridized carbons (Fsp3) is 0.846. The van der Waals surface area contributed by atoms with Gasteiger partial charge in [0.05, 0.1) is 11.6 Å². The average Bonchev–Trinajstić information content (AvgIpc) is 3.53. The second-order valence-corrected chi connectivity index (χ2v) is 17.9. The van der Waals surface area contributed by atoms with Crippen molar-refractivity contribution in [1.29, 1.82) is 0 Å². The molecule has 5 fully saturated rings. The number of hydrogen-bond donors (Lipinski definition) is 5. The lowest BCUT2D eigenvalue weighted by Crippen LogP contribution is -2.61. The molecule has 0 radical (unpaired) electrons. The lowest BCUT2D eigenvalue weighted by Gasteiger charge is -2.44. The van der Waals surface area contributed by atoms with Gasteiger partial charge in [-0.15, -0.1) is 0 Å². The smallest absolute Gasteiger partial charge is 0.317 e. The van der Waals surface area contributed by atoms with Gasteiger partial charge in [0.25, 0.3) is 11.8 Å². The fourth-order valence-corrected chi connectivity index (χ4v) is 8.96. The number of rotatable bonds is 14. The zero-order chi connectivity index (χ0) is 38.5. The third kappa shape index (κ3) is 10.3. The van der Waals surface area contributed by atoms with E-state index in [9.17, 15) is 28.8 Å². The normalized spacial score (nSPS) is 25.0. The number of nitrogens with one attached hydrogen (secondary N) is 4. The van der Waals surface area contributed by atoms with Gasteiger partial charge in [0.1, 0.15) is 12.1 Å². The van der Waals surface area contributed by atoms with E-state index in [-0.39, 0.29) is 35.6 Å². The van der Waals surface area contributed by atoms with E-state index in [1.165, 1.54) is 4.90 Å². The lowest BCUT2D eigenvalue weighted by molar-refractivity contribution is -0.158. The van der Waals surface area contributed by atoms with Crippen LogP contribution in [-0.4, -0.2) is 108 Å². The summed E-state index contributed by atoms with van der Waals surface area (Å²) in [5.41, 5.74) is 4.36. The summed E-state index contributed by atoms with van der Waals surface area (Å²) in [4.78, 5) is 84.8. The number of piperazine rings is 1. The highest BCUT2D eigenvalue weighted by atomic mass is 16.5. The topological polar surface area (TPSA) is 192 Å². The van der Waals surface area contributed by atoms with Gasteiger partial charge in [0.2, 0.25) is 23.8 Å². The summed E-state index contributed by atoms with van der Waals surface area (Å²) >= 11 is 0. The van der Waals surface area contributed by atoms with Crippen LogP contribution in [0.1, 0.15) is 118 Å². The molecule has 0 aromatic heterocycles. The minimum atomic E-state index is -1.46. The van der Waals surface area contributed by atoms with E-state index in [0.29, 0.717) is 44.9 Å². The first-order valence-electron chi connectivity index (χ1n) is 20.2. The van der Waals surface area contributed by atoms with Crippen LogP contribution >= 0.6 is 0 Å². The van der Waals surface area contributed by atoms with Gasteiger partial charge in [-0.1, -0.05) is 58.8 Å². The minimum Gasteiger partial charge on any atom is -0.363 e. The average molecular weight is 744 g/mol. The maximum absolute atomic E-state index is 14.7. The van der Waals surface area contributed by atoms with Crippen LogP contribution in [0.2, 0.25) is 0 Å². The Morgan fingerprint density at radius 1 is 0.792 bits per heavy atom. The summed E-state index contributed by atoms with van der Waals surface area (Å²) in [5, 5.41) is 11.8. The molecule has 0 spiro atoms. The first-order valence-corrected chi connectivity index (χ1v) is 20.2. The van der Waals surface area contributed by atoms with Gasteiger partial charge >= 0.3 is 6.03 Å². The van der Waals surface area contributed by atoms with Crippen molar-refractivity contribution in [3.63, 3.8) is 0 Å². The van der Waals surface area contributed by atoms with Crippen molar-refractivity contribution < 1.29 is 33.5 Å². The number of amides is 6. The van der Waals surface area contributed by atoms with Crippen LogP contribution in [0.25, 0.3) is 0 Å². The third-order valence-electron chi connectivity index (χ3n) is 12.8.